The van der Waals surface area contributed by atoms with Crippen LogP contribution in [0.4, 0.5) is 0 Å². The fraction of sp³-hybridized carbons (Fsp3) is 1.00. The zero-order valence-corrected chi connectivity index (χ0v) is 7.65. The summed E-state index contributed by atoms with van der Waals surface area (Å²) in [6.45, 7) is 2.99. The smallest absolute Gasteiger partial charge is 0.218 e. The van der Waals surface area contributed by atoms with E-state index in [1.165, 1.54) is 12.8 Å². The van der Waals surface area contributed by atoms with E-state index in [9.17, 15) is 0 Å². The van der Waals surface area contributed by atoms with Crippen molar-refractivity contribution < 1.29 is 9.47 Å². The molecule has 0 unspecified atom stereocenters. The van der Waals surface area contributed by atoms with Crippen molar-refractivity contribution in [2.24, 2.45) is 0 Å². The minimum Gasteiger partial charge on any atom is -0.341 e. The first kappa shape index (κ1) is 7.90. The lowest BCUT2D eigenvalue weighted by atomic mass is 10.2. The molecule has 2 aliphatic heterocycles. The van der Waals surface area contributed by atoms with Gasteiger partial charge in [0.25, 0.3) is 0 Å². The highest BCUT2D eigenvalue weighted by atomic mass is 32.2. The van der Waals surface area contributed by atoms with Gasteiger partial charge in [-0.2, -0.15) is 0 Å². The Bertz CT molecular complexity index is 138. The standard InChI is InChI=1S/C8H14O2S/c1-7-6-11-8(10-7)4-2-3-5-9-8/h7H,2-6H2,1H3/t7-,8-/m0/s1. The van der Waals surface area contributed by atoms with Crippen LogP contribution in [0.15, 0.2) is 0 Å². The second-order valence-electron chi connectivity index (χ2n) is 3.23. The summed E-state index contributed by atoms with van der Waals surface area (Å²) in [5.74, 6) is 1.08. The molecule has 2 rings (SSSR count). The Morgan fingerprint density at radius 1 is 1.45 bits per heavy atom. The third-order valence-corrected chi connectivity index (χ3v) is 3.61. The SMILES string of the molecule is C[C@H]1CS[C@]2(CCCCO2)O1. The van der Waals surface area contributed by atoms with Gasteiger partial charge >= 0.3 is 0 Å². The molecule has 3 heteroatoms. The van der Waals surface area contributed by atoms with Gasteiger partial charge in [-0.3, -0.25) is 0 Å². The lowest BCUT2D eigenvalue weighted by Crippen LogP contribution is -2.33. The van der Waals surface area contributed by atoms with Crippen molar-refractivity contribution in [2.75, 3.05) is 12.4 Å². The first-order valence-electron chi connectivity index (χ1n) is 4.26. The Hall–Kier alpha value is 0.270. The fourth-order valence-electron chi connectivity index (χ4n) is 1.57. The Kier molecular flexibility index (Phi) is 2.12. The van der Waals surface area contributed by atoms with E-state index in [0.29, 0.717) is 6.10 Å². The van der Waals surface area contributed by atoms with Gasteiger partial charge in [0.1, 0.15) is 0 Å². The van der Waals surface area contributed by atoms with E-state index in [1.807, 2.05) is 11.8 Å². The van der Waals surface area contributed by atoms with Crippen molar-refractivity contribution in [3.05, 3.63) is 0 Å². The molecular weight excluding hydrogens is 160 g/mol. The number of ether oxygens (including phenoxy) is 2. The minimum absolute atomic E-state index is 0.238. The van der Waals surface area contributed by atoms with Crippen molar-refractivity contribution in [2.45, 2.75) is 37.4 Å². The molecule has 0 aromatic rings. The van der Waals surface area contributed by atoms with Gasteiger partial charge in [-0.25, -0.2) is 0 Å². The van der Waals surface area contributed by atoms with E-state index < -0.39 is 0 Å². The Labute approximate surface area is 71.6 Å². The summed E-state index contributed by atoms with van der Waals surface area (Å²) >= 11 is 1.83. The van der Waals surface area contributed by atoms with E-state index in [-0.39, 0.29) is 5.12 Å². The van der Waals surface area contributed by atoms with Gasteiger partial charge in [0, 0.05) is 12.2 Å². The fourth-order valence-corrected chi connectivity index (χ4v) is 2.81. The Balaban J connectivity index is 1.98. The molecule has 0 radical (unpaired) electrons. The van der Waals surface area contributed by atoms with Crippen molar-refractivity contribution >= 4 is 11.8 Å². The monoisotopic (exact) mass is 174 g/mol. The number of hydrogen-bond donors (Lipinski definition) is 0. The molecule has 2 heterocycles. The third kappa shape index (κ3) is 1.55. The summed E-state index contributed by atoms with van der Waals surface area (Å²) in [6, 6.07) is 0. The molecule has 2 saturated heterocycles. The van der Waals surface area contributed by atoms with Gasteiger partial charge in [-0.1, -0.05) is 11.8 Å². The lowest BCUT2D eigenvalue weighted by Gasteiger charge is -2.31. The lowest BCUT2D eigenvalue weighted by molar-refractivity contribution is -0.196. The highest BCUT2D eigenvalue weighted by Gasteiger charge is 2.41. The quantitative estimate of drug-likeness (QED) is 0.559. The number of rotatable bonds is 0. The summed E-state index contributed by atoms with van der Waals surface area (Å²) in [4.78, 5) is 0. The Morgan fingerprint density at radius 3 is 2.91 bits per heavy atom. The first-order chi connectivity index (χ1) is 5.31. The average molecular weight is 174 g/mol. The molecule has 0 aromatic carbocycles. The van der Waals surface area contributed by atoms with E-state index in [2.05, 4.69) is 6.92 Å². The van der Waals surface area contributed by atoms with Gasteiger partial charge in [0.15, 0.2) is 0 Å². The summed E-state index contributed by atoms with van der Waals surface area (Å²) in [6.07, 6.45) is 3.89. The van der Waals surface area contributed by atoms with Crippen LogP contribution in [0.3, 0.4) is 0 Å². The molecule has 0 aliphatic carbocycles. The Morgan fingerprint density at radius 2 is 2.36 bits per heavy atom. The van der Waals surface area contributed by atoms with Crippen LogP contribution >= 0.6 is 11.8 Å². The van der Waals surface area contributed by atoms with Gasteiger partial charge in [-0.15, -0.1) is 0 Å². The normalized spacial score (nSPS) is 45.0. The van der Waals surface area contributed by atoms with Crippen LogP contribution < -0.4 is 0 Å². The minimum atomic E-state index is -0.238. The molecule has 2 fully saturated rings. The first-order valence-corrected chi connectivity index (χ1v) is 5.25. The third-order valence-electron chi connectivity index (χ3n) is 2.12. The molecular formula is C8H14O2S. The van der Waals surface area contributed by atoms with Crippen molar-refractivity contribution in [1.82, 2.24) is 0 Å². The highest BCUT2D eigenvalue weighted by molar-refractivity contribution is 8.00. The maximum atomic E-state index is 5.73. The maximum absolute atomic E-state index is 5.73. The largest absolute Gasteiger partial charge is 0.341 e. The topological polar surface area (TPSA) is 18.5 Å². The van der Waals surface area contributed by atoms with Crippen LogP contribution in [0, 0.1) is 0 Å². The van der Waals surface area contributed by atoms with Crippen molar-refractivity contribution in [3.63, 3.8) is 0 Å². The molecule has 2 atom stereocenters. The molecule has 64 valence electrons. The van der Waals surface area contributed by atoms with E-state index in [0.717, 1.165) is 18.8 Å². The number of thioether (sulfide) groups is 1. The summed E-state index contributed by atoms with van der Waals surface area (Å²) in [5.41, 5.74) is 0. The molecule has 11 heavy (non-hydrogen) atoms. The summed E-state index contributed by atoms with van der Waals surface area (Å²) < 4.78 is 11.4. The van der Waals surface area contributed by atoms with Gasteiger partial charge in [0.05, 0.1) is 12.7 Å². The van der Waals surface area contributed by atoms with Crippen LogP contribution in [-0.4, -0.2) is 23.6 Å². The van der Waals surface area contributed by atoms with Crippen LogP contribution in [0.5, 0.6) is 0 Å². The van der Waals surface area contributed by atoms with Gasteiger partial charge in [-0.05, 0) is 19.8 Å². The maximum Gasteiger partial charge on any atom is 0.218 e. The van der Waals surface area contributed by atoms with Crippen molar-refractivity contribution in [1.29, 1.82) is 0 Å². The number of hydrogen-bond acceptors (Lipinski definition) is 3. The van der Waals surface area contributed by atoms with Gasteiger partial charge in [0.2, 0.25) is 5.12 Å². The second kappa shape index (κ2) is 2.96. The highest BCUT2D eigenvalue weighted by Crippen LogP contribution is 2.43. The van der Waals surface area contributed by atoms with Crippen LogP contribution in [0.2, 0.25) is 0 Å². The second-order valence-corrected chi connectivity index (χ2v) is 4.47. The predicted octanol–water partition coefficient (Wildman–Crippen LogP) is 1.99. The predicted molar refractivity (Wildman–Crippen MR) is 45.5 cm³/mol. The molecule has 2 nitrogen and oxygen atoms in total. The van der Waals surface area contributed by atoms with Crippen LogP contribution in [0.1, 0.15) is 26.2 Å². The molecule has 0 saturated carbocycles. The van der Waals surface area contributed by atoms with E-state index in [1.54, 1.807) is 0 Å². The van der Waals surface area contributed by atoms with E-state index >= 15 is 0 Å². The molecule has 1 spiro atoms. The molecule has 0 amide bonds. The van der Waals surface area contributed by atoms with Crippen LogP contribution in [0.25, 0.3) is 0 Å². The molecule has 0 N–H and O–H groups in total. The van der Waals surface area contributed by atoms with E-state index in [4.69, 9.17) is 9.47 Å². The molecule has 0 bridgehead atoms. The molecule has 0 aromatic heterocycles. The summed E-state index contributed by atoms with van der Waals surface area (Å²) in [5, 5.41) is -0.238. The summed E-state index contributed by atoms with van der Waals surface area (Å²) in [7, 11) is 0. The molecule has 2 aliphatic rings. The zero-order valence-electron chi connectivity index (χ0n) is 6.84. The van der Waals surface area contributed by atoms with Gasteiger partial charge < -0.3 is 9.47 Å². The zero-order chi connectivity index (χ0) is 7.73. The van der Waals surface area contributed by atoms with Crippen LogP contribution in [-0.2, 0) is 9.47 Å². The average Bonchev–Trinajstić information content (AvgIpc) is 2.34. The van der Waals surface area contributed by atoms with Crippen molar-refractivity contribution in [3.8, 4) is 0 Å².